The van der Waals surface area contributed by atoms with Crippen molar-refractivity contribution in [1.29, 1.82) is 0 Å². The fraction of sp³-hybridized carbons (Fsp3) is 0.368. The Bertz CT molecular complexity index is 1100. The second-order valence-electron chi connectivity index (χ2n) is 6.96. The summed E-state index contributed by atoms with van der Waals surface area (Å²) in [5, 5.41) is 6.91. The molecule has 4 rings (SSSR count). The summed E-state index contributed by atoms with van der Waals surface area (Å²) in [6.45, 7) is 1.62. The number of fused-ring (bicyclic) bond motifs is 1. The van der Waals surface area contributed by atoms with Crippen LogP contribution in [-0.2, 0) is 16.4 Å². The van der Waals surface area contributed by atoms with E-state index < -0.39 is 10.0 Å². The molecule has 1 N–H and O–H groups in total. The van der Waals surface area contributed by atoms with E-state index in [2.05, 4.69) is 20.4 Å². The van der Waals surface area contributed by atoms with Gasteiger partial charge in [-0.3, -0.25) is 4.79 Å². The molecule has 0 atom stereocenters. The van der Waals surface area contributed by atoms with Crippen LogP contribution in [0.5, 0.6) is 0 Å². The topological polar surface area (TPSA) is 110 Å². The molecule has 1 saturated heterocycles. The average Bonchev–Trinajstić information content (AvgIpc) is 3.43. The van der Waals surface area contributed by atoms with E-state index in [1.165, 1.54) is 22.8 Å². The Morgan fingerprint density at radius 3 is 2.62 bits per heavy atom. The summed E-state index contributed by atoms with van der Waals surface area (Å²) in [6.07, 6.45) is 8.35. The fourth-order valence-corrected chi connectivity index (χ4v) is 4.86. The Morgan fingerprint density at radius 1 is 1.10 bits per heavy atom. The Hall–Kier alpha value is -2.85. The van der Waals surface area contributed by atoms with Crippen LogP contribution in [0.2, 0.25) is 0 Å². The molecule has 29 heavy (non-hydrogen) atoms. The zero-order chi connectivity index (χ0) is 20.3. The Balaban J connectivity index is 1.29. The lowest BCUT2D eigenvalue weighted by Gasteiger charge is -2.15. The first-order valence-electron chi connectivity index (χ1n) is 9.57. The lowest BCUT2D eigenvalue weighted by atomic mass is 10.2. The van der Waals surface area contributed by atoms with Gasteiger partial charge in [0.2, 0.25) is 10.0 Å². The molecule has 0 unspecified atom stereocenters. The van der Waals surface area contributed by atoms with Gasteiger partial charge >= 0.3 is 0 Å². The molecule has 10 heteroatoms. The van der Waals surface area contributed by atoms with Crippen LogP contribution < -0.4 is 5.32 Å². The fourth-order valence-electron chi connectivity index (χ4n) is 3.34. The maximum Gasteiger partial charge on any atom is 0.252 e. The Kier molecular flexibility index (Phi) is 5.54. The van der Waals surface area contributed by atoms with Gasteiger partial charge in [-0.05, 0) is 55.5 Å². The van der Waals surface area contributed by atoms with Crippen molar-refractivity contribution in [2.24, 2.45) is 0 Å². The lowest BCUT2D eigenvalue weighted by Crippen LogP contribution is -2.28. The Labute approximate surface area is 168 Å². The predicted molar refractivity (Wildman–Crippen MR) is 106 cm³/mol. The zero-order valence-electron chi connectivity index (χ0n) is 15.9. The third-order valence-electron chi connectivity index (χ3n) is 4.94. The van der Waals surface area contributed by atoms with Crippen molar-refractivity contribution in [3.8, 4) is 0 Å². The second kappa shape index (κ2) is 8.26. The van der Waals surface area contributed by atoms with E-state index in [-0.39, 0.29) is 10.8 Å². The monoisotopic (exact) mass is 414 g/mol. The molecule has 0 saturated carbocycles. The molecule has 1 aliphatic rings. The highest BCUT2D eigenvalue weighted by atomic mass is 32.2. The van der Waals surface area contributed by atoms with Crippen molar-refractivity contribution in [2.75, 3.05) is 19.6 Å². The van der Waals surface area contributed by atoms with Gasteiger partial charge in [-0.2, -0.15) is 14.4 Å². The molecule has 3 aromatic rings. The minimum absolute atomic E-state index is 0.222. The van der Waals surface area contributed by atoms with Crippen LogP contribution in [0.15, 0.2) is 47.9 Å². The minimum Gasteiger partial charge on any atom is -0.352 e. The van der Waals surface area contributed by atoms with Gasteiger partial charge < -0.3 is 5.32 Å². The van der Waals surface area contributed by atoms with Crippen molar-refractivity contribution in [1.82, 2.24) is 29.2 Å². The highest BCUT2D eigenvalue weighted by Gasteiger charge is 2.27. The van der Waals surface area contributed by atoms with Gasteiger partial charge in [0.25, 0.3) is 11.7 Å². The molecule has 2 aromatic heterocycles. The van der Waals surface area contributed by atoms with Crippen LogP contribution in [0.4, 0.5) is 0 Å². The number of carbonyl (C=O) groups is 1. The van der Waals surface area contributed by atoms with Gasteiger partial charge in [0, 0.05) is 37.6 Å². The quantitative estimate of drug-likeness (QED) is 0.583. The molecule has 0 spiro atoms. The van der Waals surface area contributed by atoms with Gasteiger partial charge in [0.05, 0.1) is 4.90 Å². The van der Waals surface area contributed by atoms with Crippen LogP contribution in [0.3, 0.4) is 0 Å². The standard InChI is InChI=1S/C19H22N6O3S/c26-18(20-9-3-4-15-12-21-19-22-14-23-25(19)13-15)16-5-7-17(8-6-16)29(27,28)24-10-1-2-11-24/h5-8,12-14H,1-4,9-11H2,(H,20,26). The Morgan fingerprint density at radius 2 is 1.86 bits per heavy atom. The van der Waals surface area contributed by atoms with E-state index >= 15 is 0 Å². The smallest absolute Gasteiger partial charge is 0.252 e. The summed E-state index contributed by atoms with van der Waals surface area (Å²) in [4.78, 5) is 20.7. The molecule has 0 radical (unpaired) electrons. The summed E-state index contributed by atoms with van der Waals surface area (Å²) in [5.41, 5.74) is 1.45. The minimum atomic E-state index is -3.46. The van der Waals surface area contributed by atoms with Gasteiger partial charge in [-0.1, -0.05) is 0 Å². The van der Waals surface area contributed by atoms with Gasteiger partial charge in [-0.25, -0.2) is 17.9 Å². The lowest BCUT2D eigenvalue weighted by molar-refractivity contribution is 0.0953. The summed E-state index contributed by atoms with van der Waals surface area (Å²) < 4.78 is 28.2. The van der Waals surface area contributed by atoms with Crippen molar-refractivity contribution in [3.05, 3.63) is 54.1 Å². The maximum absolute atomic E-state index is 12.5. The van der Waals surface area contributed by atoms with E-state index in [9.17, 15) is 13.2 Å². The van der Waals surface area contributed by atoms with Gasteiger partial charge in [0.15, 0.2) is 0 Å². The third-order valence-corrected chi connectivity index (χ3v) is 6.85. The van der Waals surface area contributed by atoms with E-state index in [0.717, 1.165) is 31.2 Å². The number of aromatic nitrogens is 4. The van der Waals surface area contributed by atoms with E-state index in [1.807, 2.05) is 6.20 Å². The predicted octanol–water partition coefficient (Wildman–Crippen LogP) is 1.27. The maximum atomic E-state index is 12.5. The van der Waals surface area contributed by atoms with Crippen molar-refractivity contribution in [2.45, 2.75) is 30.6 Å². The average molecular weight is 414 g/mol. The highest BCUT2D eigenvalue weighted by Crippen LogP contribution is 2.21. The first-order chi connectivity index (χ1) is 14.0. The number of nitrogens with zero attached hydrogens (tertiary/aromatic N) is 5. The molecule has 0 aliphatic carbocycles. The number of hydrogen-bond acceptors (Lipinski definition) is 6. The molecule has 0 bridgehead atoms. The van der Waals surface area contributed by atoms with E-state index in [0.29, 0.717) is 31.0 Å². The molecular weight excluding hydrogens is 392 g/mol. The molecule has 3 heterocycles. The zero-order valence-corrected chi connectivity index (χ0v) is 16.7. The van der Waals surface area contributed by atoms with E-state index in [1.54, 1.807) is 22.8 Å². The second-order valence-corrected chi connectivity index (χ2v) is 8.90. The highest BCUT2D eigenvalue weighted by molar-refractivity contribution is 7.89. The molecule has 1 fully saturated rings. The van der Waals surface area contributed by atoms with Gasteiger partial charge in [0.1, 0.15) is 6.33 Å². The largest absolute Gasteiger partial charge is 0.352 e. The third kappa shape index (κ3) is 4.28. The SMILES string of the molecule is O=C(NCCCc1cnc2ncnn2c1)c1ccc(S(=O)(=O)N2CCCC2)cc1. The van der Waals surface area contributed by atoms with Crippen LogP contribution in [0.25, 0.3) is 5.78 Å². The number of carbonyl (C=O) groups excluding carboxylic acids is 1. The normalized spacial score (nSPS) is 15.0. The number of nitrogens with one attached hydrogen (secondary N) is 1. The number of amides is 1. The van der Waals surface area contributed by atoms with Crippen molar-refractivity contribution >= 4 is 21.7 Å². The van der Waals surface area contributed by atoms with Crippen LogP contribution in [0.1, 0.15) is 35.2 Å². The molecule has 9 nitrogen and oxygen atoms in total. The first kappa shape index (κ1) is 19.5. The summed E-state index contributed by atoms with van der Waals surface area (Å²) in [7, 11) is -3.46. The van der Waals surface area contributed by atoms with Crippen LogP contribution >= 0.6 is 0 Å². The number of aryl methyl sites for hydroxylation is 1. The van der Waals surface area contributed by atoms with Crippen LogP contribution in [0, 0.1) is 0 Å². The first-order valence-corrected chi connectivity index (χ1v) is 11.0. The van der Waals surface area contributed by atoms with Crippen LogP contribution in [-0.4, -0.2) is 57.8 Å². The number of hydrogen-bond donors (Lipinski definition) is 1. The molecule has 1 aromatic carbocycles. The summed E-state index contributed by atoms with van der Waals surface area (Å²) in [6, 6.07) is 6.12. The molecule has 1 aliphatic heterocycles. The molecular formula is C19H22N6O3S. The molecule has 1 amide bonds. The number of sulfonamides is 1. The summed E-state index contributed by atoms with van der Waals surface area (Å²) in [5.74, 6) is 0.331. The van der Waals surface area contributed by atoms with Crippen molar-refractivity contribution < 1.29 is 13.2 Å². The number of benzene rings is 1. The van der Waals surface area contributed by atoms with E-state index in [4.69, 9.17) is 0 Å². The van der Waals surface area contributed by atoms with Crippen molar-refractivity contribution in [3.63, 3.8) is 0 Å². The number of rotatable bonds is 7. The molecule has 152 valence electrons. The van der Waals surface area contributed by atoms with Gasteiger partial charge in [-0.15, -0.1) is 0 Å². The summed E-state index contributed by atoms with van der Waals surface area (Å²) >= 11 is 0.